The molecule has 0 bridgehead atoms. The van der Waals surface area contributed by atoms with Gasteiger partial charge in [0.1, 0.15) is 5.41 Å². The summed E-state index contributed by atoms with van der Waals surface area (Å²) in [7, 11) is -1.80. The van der Waals surface area contributed by atoms with Crippen molar-refractivity contribution in [1.29, 1.82) is 0 Å². The molecule has 146 valence electrons. The molecule has 0 amide bonds. The Morgan fingerprint density at radius 1 is 0.875 bits per heavy atom. The zero-order valence-corrected chi connectivity index (χ0v) is 19.6. The molecule has 0 spiro atoms. The van der Waals surface area contributed by atoms with Crippen molar-refractivity contribution >= 4 is 17.8 Å². The molecule has 0 atom stereocenters. The van der Waals surface area contributed by atoms with Crippen LogP contribution in [0.1, 0.15) is 54.4 Å². The summed E-state index contributed by atoms with van der Waals surface area (Å²) in [5.41, 5.74) is -0.269. The Hall–Kier alpha value is 0.274. The fourth-order valence-corrected chi connectivity index (χ4v) is 8.37. The molecular formula is C18H43NO3Si2. The number of nitrogens with one attached hydrogen (secondary N) is 1. The van der Waals surface area contributed by atoms with Gasteiger partial charge in [0.05, 0.1) is 9.52 Å². The number of ether oxygens (including phenoxy) is 2. The second-order valence-corrected chi connectivity index (χ2v) is 13.7. The zero-order chi connectivity index (χ0) is 18.3. The van der Waals surface area contributed by atoms with E-state index in [1.165, 1.54) is 37.0 Å². The minimum absolute atomic E-state index is 0.269. The van der Waals surface area contributed by atoms with Gasteiger partial charge in [0.2, 0.25) is 0 Å². The lowest BCUT2D eigenvalue weighted by molar-refractivity contribution is -0.163. The van der Waals surface area contributed by atoms with Gasteiger partial charge in [-0.2, -0.15) is 0 Å². The van der Waals surface area contributed by atoms with Gasteiger partial charge in [-0.25, -0.2) is 0 Å². The van der Waals surface area contributed by atoms with E-state index in [0.29, 0.717) is 0 Å². The number of hydrogen-bond acceptors (Lipinski definition) is 4. The standard InChI is InChI=1S/C18H43NO3Si2/c1-7-20-18(6,21-8-2)23-16-12-14-19-15-13-17-24(10-4,11-5)22-9-3/h19H,7-17,23H2,1-6H3. The normalized spacial score (nSPS) is 13.2. The Balaban J connectivity index is 3.79. The van der Waals surface area contributed by atoms with Crippen molar-refractivity contribution in [3.05, 3.63) is 0 Å². The summed E-state index contributed by atoms with van der Waals surface area (Å²) in [6, 6.07) is 5.06. The van der Waals surface area contributed by atoms with Crippen LogP contribution >= 0.6 is 0 Å². The Morgan fingerprint density at radius 3 is 1.96 bits per heavy atom. The summed E-state index contributed by atoms with van der Waals surface area (Å²) in [6.07, 6.45) is 2.48. The molecule has 0 aromatic heterocycles. The maximum Gasteiger partial charge on any atom is 0.192 e. The third-order valence-corrected chi connectivity index (χ3v) is 11.8. The van der Waals surface area contributed by atoms with E-state index in [0.717, 1.165) is 32.9 Å². The van der Waals surface area contributed by atoms with Crippen molar-refractivity contribution in [2.75, 3.05) is 32.9 Å². The molecule has 0 heterocycles. The van der Waals surface area contributed by atoms with Crippen LogP contribution in [0.3, 0.4) is 0 Å². The fraction of sp³-hybridized carbons (Fsp3) is 1.00. The van der Waals surface area contributed by atoms with Crippen LogP contribution in [0.2, 0.25) is 24.2 Å². The zero-order valence-electron chi connectivity index (χ0n) is 17.2. The van der Waals surface area contributed by atoms with Gasteiger partial charge in [-0.3, -0.25) is 0 Å². The maximum atomic E-state index is 6.15. The van der Waals surface area contributed by atoms with Gasteiger partial charge >= 0.3 is 0 Å². The van der Waals surface area contributed by atoms with Gasteiger partial charge < -0.3 is 19.2 Å². The molecule has 0 saturated heterocycles. The Bertz CT molecular complexity index is 283. The summed E-state index contributed by atoms with van der Waals surface area (Å²) in [5, 5.41) is 3.61. The first-order valence-electron chi connectivity index (χ1n) is 10.1. The first-order valence-corrected chi connectivity index (χ1v) is 14.4. The van der Waals surface area contributed by atoms with Gasteiger partial charge in [0, 0.05) is 19.8 Å². The van der Waals surface area contributed by atoms with E-state index >= 15 is 0 Å². The quantitative estimate of drug-likeness (QED) is 0.238. The molecule has 0 aliphatic rings. The minimum Gasteiger partial charge on any atom is -0.417 e. The first-order chi connectivity index (χ1) is 11.5. The van der Waals surface area contributed by atoms with E-state index in [9.17, 15) is 0 Å². The van der Waals surface area contributed by atoms with Gasteiger partial charge in [0.25, 0.3) is 0 Å². The number of hydrogen-bond donors (Lipinski definition) is 1. The van der Waals surface area contributed by atoms with Crippen LogP contribution in [-0.4, -0.2) is 56.2 Å². The van der Waals surface area contributed by atoms with Crippen LogP contribution in [0.4, 0.5) is 0 Å². The van der Waals surface area contributed by atoms with Crippen molar-refractivity contribution in [2.45, 2.75) is 84.0 Å². The van der Waals surface area contributed by atoms with Crippen molar-refractivity contribution in [3.8, 4) is 0 Å². The van der Waals surface area contributed by atoms with Crippen molar-refractivity contribution < 1.29 is 13.9 Å². The summed E-state index contributed by atoms with van der Waals surface area (Å²) in [5.74, 6) is 0. The largest absolute Gasteiger partial charge is 0.417 e. The molecule has 0 aliphatic carbocycles. The fourth-order valence-electron chi connectivity index (χ4n) is 3.34. The van der Waals surface area contributed by atoms with E-state index in [1.807, 2.05) is 13.8 Å². The lowest BCUT2D eigenvalue weighted by Crippen LogP contribution is -2.39. The van der Waals surface area contributed by atoms with Gasteiger partial charge in [-0.1, -0.05) is 19.9 Å². The van der Waals surface area contributed by atoms with E-state index in [-0.39, 0.29) is 14.9 Å². The van der Waals surface area contributed by atoms with Gasteiger partial charge in [0.15, 0.2) is 8.32 Å². The Kier molecular flexibility index (Phi) is 14.6. The van der Waals surface area contributed by atoms with Crippen LogP contribution < -0.4 is 5.32 Å². The average Bonchev–Trinajstić information content (AvgIpc) is 2.56. The highest BCUT2D eigenvalue weighted by molar-refractivity contribution is 6.73. The van der Waals surface area contributed by atoms with Crippen LogP contribution in [0, 0.1) is 0 Å². The van der Waals surface area contributed by atoms with Crippen molar-refractivity contribution in [1.82, 2.24) is 5.32 Å². The third kappa shape index (κ3) is 10.3. The molecule has 0 aromatic carbocycles. The van der Waals surface area contributed by atoms with Crippen LogP contribution in [0.25, 0.3) is 0 Å². The molecule has 0 aromatic rings. The molecule has 0 unspecified atom stereocenters. The summed E-state index contributed by atoms with van der Waals surface area (Å²) >= 11 is 0. The van der Waals surface area contributed by atoms with Crippen molar-refractivity contribution in [2.24, 2.45) is 0 Å². The van der Waals surface area contributed by atoms with E-state index in [2.05, 4.69) is 33.0 Å². The predicted octanol–water partition coefficient (Wildman–Crippen LogP) is 3.71. The van der Waals surface area contributed by atoms with Crippen LogP contribution in [0.15, 0.2) is 0 Å². The summed E-state index contributed by atoms with van der Waals surface area (Å²) in [4.78, 5) is 0. The minimum atomic E-state index is -1.43. The van der Waals surface area contributed by atoms with Crippen LogP contribution in [0.5, 0.6) is 0 Å². The second kappa shape index (κ2) is 14.4. The van der Waals surface area contributed by atoms with E-state index in [4.69, 9.17) is 13.9 Å². The van der Waals surface area contributed by atoms with Crippen molar-refractivity contribution in [3.63, 3.8) is 0 Å². The molecule has 4 nitrogen and oxygen atoms in total. The SMILES string of the molecule is CCOC(C)(OCC)[SiH2]CCCNCCC[Si](CC)(CC)OCC. The highest BCUT2D eigenvalue weighted by Gasteiger charge is 2.29. The lowest BCUT2D eigenvalue weighted by Gasteiger charge is -2.29. The summed E-state index contributed by atoms with van der Waals surface area (Å²) < 4.78 is 17.8. The highest BCUT2D eigenvalue weighted by atomic mass is 28.4. The average molecular weight is 378 g/mol. The third-order valence-electron chi connectivity index (χ3n) is 4.86. The van der Waals surface area contributed by atoms with Gasteiger partial charge in [-0.15, -0.1) is 0 Å². The predicted molar refractivity (Wildman–Crippen MR) is 110 cm³/mol. The first kappa shape index (κ1) is 24.3. The molecule has 0 radical (unpaired) electrons. The molecule has 0 rings (SSSR count). The smallest absolute Gasteiger partial charge is 0.192 e. The maximum absolute atomic E-state index is 6.15. The second-order valence-electron chi connectivity index (χ2n) is 6.63. The summed E-state index contributed by atoms with van der Waals surface area (Å²) in [6.45, 7) is 17.5. The Morgan fingerprint density at radius 2 is 1.46 bits per heavy atom. The lowest BCUT2D eigenvalue weighted by atomic mass is 10.4. The van der Waals surface area contributed by atoms with E-state index < -0.39 is 8.32 Å². The molecule has 0 saturated carbocycles. The molecule has 1 N–H and O–H groups in total. The van der Waals surface area contributed by atoms with Crippen LogP contribution in [-0.2, 0) is 13.9 Å². The topological polar surface area (TPSA) is 39.7 Å². The molecule has 0 fully saturated rings. The Labute approximate surface area is 154 Å². The monoisotopic (exact) mass is 377 g/mol. The van der Waals surface area contributed by atoms with E-state index in [1.54, 1.807) is 0 Å². The van der Waals surface area contributed by atoms with Gasteiger partial charge in [-0.05, 0) is 71.8 Å². The molecular weight excluding hydrogens is 334 g/mol. The molecule has 24 heavy (non-hydrogen) atoms. The molecule has 0 aliphatic heterocycles. The highest BCUT2D eigenvalue weighted by Crippen LogP contribution is 2.23. The molecule has 6 heteroatoms. The number of rotatable bonds is 17.